The molecule has 6 aromatic heterocycles. The Kier molecular flexibility index (Phi) is 14.2. The molecule has 0 radical (unpaired) electrons. The minimum absolute atomic E-state index is 0. The Bertz CT molecular complexity index is 1480. The van der Waals surface area contributed by atoms with Gasteiger partial charge in [0.2, 0.25) is 0 Å². The zero-order valence-corrected chi connectivity index (χ0v) is 29.0. The van der Waals surface area contributed by atoms with Gasteiger partial charge in [0.15, 0.2) is 0 Å². The van der Waals surface area contributed by atoms with Gasteiger partial charge in [0, 0.05) is 68.8 Å². The van der Waals surface area contributed by atoms with Crippen molar-refractivity contribution in [3.05, 3.63) is 47.9 Å². The summed E-state index contributed by atoms with van der Waals surface area (Å²) in [5.41, 5.74) is 6.52. The van der Waals surface area contributed by atoms with Crippen LogP contribution in [0.4, 0.5) is 0 Å². The van der Waals surface area contributed by atoms with Crippen LogP contribution >= 0.6 is 0 Å². The molecule has 0 aliphatic carbocycles. The molecule has 0 aliphatic rings. The fourth-order valence-electron chi connectivity index (χ4n) is 3.23. The Morgan fingerprint density at radius 1 is 0.676 bits per heavy atom. The van der Waals surface area contributed by atoms with Crippen LogP contribution in [0.3, 0.4) is 0 Å². The van der Waals surface area contributed by atoms with Crippen LogP contribution in [0.5, 0.6) is 0 Å². The van der Waals surface area contributed by atoms with Crippen molar-refractivity contribution < 1.29 is 63.2 Å². The zero-order valence-electron chi connectivity index (χ0n) is 20.2. The standard InChI is InChI=1S/C8H9N4.C7H7N4.C5H4N5.CH4.3W/c1-5-6(2)12(3)8-7(5)4-9-11-10-8;1-5-4-11(2)7-6(5)3-8-10-9-7;1-10-3-6-4-2-7-9-8-5(4)10;;;;/h1-3H3;4H,1-2H3;3H,1H3;1H4;;;/q3*-1;;;;. The van der Waals surface area contributed by atoms with E-state index in [1.165, 1.54) is 11.3 Å². The van der Waals surface area contributed by atoms with E-state index < -0.39 is 0 Å². The smallest absolute Gasteiger partial charge is 0.0769 e. The number of hydrogen-bond donors (Lipinski definition) is 0. The van der Waals surface area contributed by atoms with Crippen molar-refractivity contribution in [2.45, 2.75) is 28.2 Å². The molecule has 37 heavy (non-hydrogen) atoms. The van der Waals surface area contributed by atoms with Gasteiger partial charge < -0.3 is 13.7 Å². The summed E-state index contributed by atoms with van der Waals surface area (Å²) in [5.74, 6) is 0. The maximum Gasteiger partial charge on any atom is 0.0769 e. The van der Waals surface area contributed by atoms with Crippen LogP contribution in [0.15, 0.2) is 12.5 Å². The molecule has 0 bridgehead atoms. The second kappa shape index (κ2) is 15.2. The van der Waals surface area contributed by atoms with Crippen molar-refractivity contribution in [2.24, 2.45) is 21.1 Å². The van der Waals surface area contributed by atoms with Gasteiger partial charge in [0.25, 0.3) is 0 Å². The maximum absolute atomic E-state index is 3.96. The summed E-state index contributed by atoms with van der Waals surface area (Å²) >= 11 is 0. The van der Waals surface area contributed by atoms with Gasteiger partial charge in [-0.05, 0) is 51.7 Å². The molecule has 194 valence electrons. The van der Waals surface area contributed by atoms with E-state index in [1.54, 1.807) is 10.9 Å². The van der Waals surface area contributed by atoms with E-state index in [0.717, 1.165) is 27.6 Å². The summed E-state index contributed by atoms with van der Waals surface area (Å²) in [6.45, 7) is 6.09. The Morgan fingerprint density at radius 2 is 1.22 bits per heavy atom. The molecular formula is C21H24N13W3-3. The number of rotatable bonds is 0. The Morgan fingerprint density at radius 3 is 1.78 bits per heavy atom. The second-order valence-electron chi connectivity index (χ2n) is 7.32. The number of fused-ring (bicyclic) bond motifs is 3. The molecule has 0 N–H and O–H groups in total. The molecule has 0 atom stereocenters. The molecule has 0 aromatic carbocycles. The van der Waals surface area contributed by atoms with Gasteiger partial charge in [-0.2, -0.15) is 10.2 Å². The first kappa shape index (κ1) is 34.6. The summed E-state index contributed by atoms with van der Waals surface area (Å²) < 4.78 is 5.67. The molecule has 16 heteroatoms. The van der Waals surface area contributed by atoms with E-state index in [-0.39, 0.29) is 70.6 Å². The van der Waals surface area contributed by atoms with Crippen molar-refractivity contribution in [1.82, 2.24) is 64.9 Å². The van der Waals surface area contributed by atoms with Crippen molar-refractivity contribution >= 4 is 33.2 Å². The van der Waals surface area contributed by atoms with Gasteiger partial charge in [-0.15, -0.1) is 21.9 Å². The summed E-state index contributed by atoms with van der Waals surface area (Å²) in [6.07, 6.45) is 11.9. The molecule has 13 nitrogen and oxygen atoms in total. The van der Waals surface area contributed by atoms with Crippen LogP contribution in [0.25, 0.3) is 33.2 Å². The Labute approximate surface area is 257 Å². The third kappa shape index (κ3) is 7.36. The van der Waals surface area contributed by atoms with E-state index in [2.05, 4.69) is 69.8 Å². The van der Waals surface area contributed by atoms with Gasteiger partial charge in [-0.3, -0.25) is 4.98 Å². The summed E-state index contributed by atoms with van der Waals surface area (Å²) in [4.78, 5) is 3.96. The minimum Gasteiger partial charge on any atom is -0.397 e. The monoisotopic (exact) mass is 1010 g/mol. The first-order valence-electron chi connectivity index (χ1n) is 9.81. The summed E-state index contributed by atoms with van der Waals surface area (Å²) in [6, 6.07) is 0. The van der Waals surface area contributed by atoms with E-state index >= 15 is 0 Å². The van der Waals surface area contributed by atoms with Crippen molar-refractivity contribution in [3.63, 3.8) is 0 Å². The van der Waals surface area contributed by atoms with E-state index in [0.29, 0.717) is 11.2 Å². The SMILES string of the molecule is C.Cc1c(C)n(C)c2nnn[c-]c12.Cc1cn(C)c2nnn[c-]c12.Cn1cnc2[c-]nnnc21.[W].[W].[W]. The zero-order chi connectivity index (χ0) is 23.5. The van der Waals surface area contributed by atoms with Gasteiger partial charge in [0.1, 0.15) is 0 Å². The van der Waals surface area contributed by atoms with Crippen molar-refractivity contribution in [2.75, 3.05) is 0 Å². The normalized spacial score (nSPS) is 9.57. The molecule has 0 saturated heterocycles. The van der Waals surface area contributed by atoms with E-state index in [1.807, 2.05) is 57.2 Å². The first-order chi connectivity index (χ1) is 15.9. The van der Waals surface area contributed by atoms with Crippen LogP contribution in [0.1, 0.15) is 24.2 Å². The van der Waals surface area contributed by atoms with E-state index in [4.69, 9.17) is 0 Å². The van der Waals surface area contributed by atoms with Gasteiger partial charge >= 0.3 is 0 Å². The molecule has 0 fully saturated rings. The molecular weight excluding hydrogens is 986 g/mol. The maximum atomic E-state index is 3.96. The van der Waals surface area contributed by atoms with Crippen molar-refractivity contribution in [1.29, 1.82) is 0 Å². The molecule has 6 heterocycles. The van der Waals surface area contributed by atoms with Gasteiger partial charge in [0.05, 0.1) is 17.6 Å². The third-order valence-electron chi connectivity index (χ3n) is 5.24. The van der Waals surface area contributed by atoms with Crippen LogP contribution in [-0.2, 0) is 84.3 Å². The number of aromatic nitrogens is 13. The number of aryl methyl sites for hydroxylation is 5. The first-order valence-corrected chi connectivity index (χ1v) is 9.81. The molecule has 0 amide bonds. The molecule has 0 unspecified atom stereocenters. The summed E-state index contributed by atoms with van der Waals surface area (Å²) in [5, 5.41) is 34.6. The van der Waals surface area contributed by atoms with Crippen LogP contribution < -0.4 is 0 Å². The molecule has 6 rings (SSSR count). The largest absolute Gasteiger partial charge is 0.397 e. The van der Waals surface area contributed by atoms with Crippen molar-refractivity contribution in [3.8, 4) is 0 Å². The quantitative estimate of drug-likeness (QED) is 0.205. The Hall–Kier alpha value is -2.36. The fraction of sp³-hybridized carbons (Fsp3) is 0.333. The Balaban J connectivity index is 0.000000500. The number of imidazole rings is 1. The topological polar surface area (TPSA) is 144 Å². The summed E-state index contributed by atoms with van der Waals surface area (Å²) in [7, 11) is 5.74. The average molecular weight is 1010 g/mol. The average Bonchev–Trinajstić information content (AvgIpc) is 3.44. The van der Waals surface area contributed by atoms with Crippen LogP contribution in [0, 0.1) is 39.4 Å². The van der Waals surface area contributed by atoms with Gasteiger partial charge in [-0.1, -0.05) is 49.3 Å². The molecule has 0 spiro atoms. The predicted octanol–water partition coefficient (Wildman–Crippen LogP) is 1.44. The number of hydrogen-bond acceptors (Lipinski definition) is 10. The minimum atomic E-state index is 0. The molecule has 0 saturated carbocycles. The second-order valence-corrected chi connectivity index (χ2v) is 7.32. The fourth-order valence-corrected chi connectivity index (χ4v) is 3.23. The number of nitrogens with zero attached hydrogens (tertiary/aromatic N) is 13. The predicted molar refractivity (Wildman–Crippen MR) is 124 cm³/mol. The third-order valence-corrected chi connectivity index (χ3v) is 5.24. The van der Waals surface area contributed by atoms with Crippen LogP contribution in [0.2, 0.25) is 0 Å². The van der Waals surface area contributed by atoms with Crippen LogP contribution in [-0.4, -0.2) is 64.9 Å². The molecule has 0 aliphatic heterocycles. The van der Waals surface area contributed by atoms with E-state index in [9.17, 15) is 0 Å². The molecule has 6 aromatic rings. The van der Waals surface area contributed by atoms with Gasteiger partial charge in [-0.25, -0.2) is 20.4 Å².